The Kier molecular flexibility index (Phi) is 3.80. The van der Waals surface area contributed by atoms with Crippen molar-refractivity contribution in [2.45, 2.75) is 19.5 Å². The SMILES string of the molecule is Nc1nc(-c2cnc3ccccc3c2)nc2c1CN(CC1CCOC1)C2. The van der Waals surface area contributed by atoms with Gasteiger partial charge in [-0.2, -0.15) is 0 Å². The Morgan fingerprint density at radius 2 is 2.12 bits per heavy atom. The van der Waals surface area contributed by atoms with E-state index < -0.39 is 0 Å². The van der Waals surface area contributed by atoms with E-state index in [1.54, 1.807) is 0 Å². The molecule has 0 amide bonds. The first-order valence-electron chi connectivity index (χ1n) is 9.07. The second-order valence-electron chi connectivity index (χ2n) is 7.17. The van der Waals surface area contributed by atoms with E-state index in [1.807, 2.05) is 30.5 Å². The van der Waals surface area contributed by atoms with Crippen LogP contribution in [0.15, 0.2) is 36.5 Å². The fraction of sp³-hybridized carbons (Fsp3) is 0.350. The van der Waals surface area contributed by atoms with Gasteiger partial charge in [-0.1, -0.05) is 18.2 Å². The first kappa shape index (κ1) is 15.7. The van der Waals surface area contributed by atoms with Crippen molar-refractivity contribution in [2.75, 3.05) is 25.5 Å². The van der Waals surface area contributed by atoms with Crippen LogP contribution in [0.25, 0.3) is 22.3 Å². The number of ether oxygens (including phenoxy) is 1. The minimum Gasteiger partial charge on any atom is -0.383 e. The highest BCUT2D eigenvalue weighted by Gasteiger charge is 2.27. The minimum atomic E-state index is 0.586. The number of nitrogen functional groups attached to an aromatic ring is 1. The lowest BCUT2D eigenvalue weighted by molar-refractivity contribution is 0.167. The molecule has 2 aliphatic heterocycles. The summed E-state index contributed by atoms with van der Waals surface area (Å²) in [5.41, 5.74) is 10.3. The van der Waals surface area contributed by atoms with Gasteiger partial charge in [-0.25, -0.2) is 9.97 Å². The van der Waals surface area contributed by atoms with Crippen molar-refractivity contribution in [1.82, 2.24) is 19.9 Å². The van der Waals surface area contributed by atoms with E-state index in [2.05, 4.69) is 20.9 Å². The fourth-order valence-corrected chi connectivity index (χ4v) is 3.89. The zero-order chi connectivity index (χ0) is 17.5. The summed E-state index contributed by atoms with van der Waals surface area (Å²) >= 11 is 0. The summed E-state index contributed by atoms with van der Waals surface area (Å²) in [6.45, 7) is 4.43. The van der Waals surface area contributed by atoms with Gasteiger partial charge in [0.1, 0.15) is 5.82 Å². The van der Waals surface area contributed by atoms with Crippen LogP contribution in [0.2, 0.25) is 0 Å². The quantitative estimate of drug-likeness (QED) is 0.785. The number of hydrogen-bond donors (Lipinski definition) is 1. The maximum absolute atomic E-state index is 6.27. The zero-order valence-corrected chi connectivity index (χ0v) is 14.6. The van der Waals surface area contributed by atoms with Crippen LogP contribution in [-0.4, -0.2) is 39.6 Å². The first-order valence-corrected chi connectivity index (χ1v) is 9.07. The molecule has 2 aliphatic rings. The summed E-state index contributed by atoms with van der Waals surface area (Å²) in [5.74, 6) is 1.86. The van der Waals surface area contributed by atoms with Crippen molar-refractivity contribution >= 4 is 16.7 Å². The number of para-hydroxylation sites is 1. The van der Waals surface area contributed by atoms with Gasteiger partial charge in [-0.15, -0.1) is 0 Å². The van der Waals surface area contributed by atoms with Crippen LogP contribution >= 0.6 is 0 Å². The summed E-state index contributed by atoms with van der Waals surface area (Å²) in [6, 6.07) is 10.1. The van der Waals surface area contributed by atoms with E-state index in [4.69, 9.17) is 15.5 Å². The lowest BCUT2D eigenvalue weighted by atomic mass is 10.1. The van der Waals surface area contributed by atoms with Crippen molar-refractivity contribution in [3.63, 3.8) is 0 Å². The highest BCUT2D eigenvalue weighted by atomic mass is 16.5. The number of rotatable bonds is 3. The van der Waals surface area contributed by atoms with Gasteiger partial charge >= 0.3 is 0 Å². The third kappa shape index (κ3) is 2.81. The van der Waals surface area contributed by atoms with Crippen molar-refractivity contribution in [3.05, 3.63) is 47.8 Å². The maximum Gasteiger partial charge on any atom is 0.163 e. The van der Waals surface area contributed by atoms with E-state index in [1.165, 1.54) is 0 Å². The van der Waals surface area contributed by atoms with Gasteiger partial charge in [-0.05, 0) is 24.5 Å². The second-order valence-corrected chi connectivity index (χ2v) is 7.17. The van der Waals surface area contributed by atoms with Gasteiger partial charge in [0, 0.05) is 49.0 Å². The minimum absolute atomic E-state index is 0.586. The molecule has 2 N–H and O–H groups in total. The highest BCUT2D eigenvalue weighted by molar-refractivity contribution is 5.82. The molecule has 1 fully saturated rings. The third-order valence-electron chi connectivity index (χ3n) is 5.27. The van der Waals surface area contributed by atoms with Crippen LogP contribution in [0.3, 0.4) is 0 Å². The molecular weight excluding hydrogens is 326 g/mol. The van der Waals surface area contributed by atoms with Gasteiger partial charge in [0.25, 0.3) is 0 Å². The number of aromatic nitrogens is 3. The van der Waals surface area contributed by atoms with E-state index in [0.29, 0.717) is 17.6 Å². The summed E-state index contributed by atoms with van der Waals surface area (Å²) in [5, 5.41) is 1.08. The van der Waals surface area contributed by atoms with Gasteiger partial charge in [-0.3, -0.25) is 9.88 Å². The largest absolute Gasteiger partial charge is 0.383 e. The van der Waals surface area contributed by atoms with Gasteiger partial charge in [0.05, 0.1) is 17.8 Å². The maximum atomic E-state index is 6.27. The molecule has 1 saturated heterocycles. The summed E-state index contributed by atoms with van der Waals surface area (Å²) in [7, 11) is 0. The van der Waals surface area contributed by atoms with Crippen molar-refractivity contribution in [2.24, 2.45) is 5.92 Å². The van der Waals surface area contributed by atoms with Crippen LogP contribution in [0.1, 0.15) is 17.7 Å². The van der Waals surface area contributed by atoms with Crippen molar-refractivity contribution in [1.29, 1.82) is 0 Å². The molecule has 26 heavy (non-hydrogen) atoms. The van der Waals surface area contributed by atoms with Crippen molar-refractivity contribution < 1.29 is 4.74 Å². The molecule has 0 spiro atoms. The third-order valence-corrected chi connectivity index (χ3v) is 5.27. The summed E-state index contributed by atoms with van der Waals surface area (Å²) in [6.07, 6.45) is 2.97. The molecule has 6 nitrogen and oxygen atoms in total. The van der Waals surface area contributed by atoms with Crippen molar-refractivity contribution in [3.8, 4) is 11.4 Å². The molecule has 0 bridgehead atoms. The number of fused-ring (bicyclic) bond motifs is 2. The van der Waals surface area contributed by atoms with E-state index in [0.717, 1.165) is 67.0 Å². The van der Waals surface area contributed by atoms with Crippen LogP contribution in [0, 0.1) is 5.92 Å². The Balaban J connectivity index is 1.44. The Hall–Kier alpha value is -2.57. The van der Waals surface area contributed by atoms with Crippen LogP contribution in [-0.2, 0) is 17.8 Å². The van der Waals surface area contributed by atoms with Crippen LogP contribution in [0.5, 0.6) is 0 Å². The molecule has 1 unspecified atom stereocenters. The fourth-order valence-electron chi connectivity index (χ4n) is 3.89. The summed E-state index contributed by atoms with van der Waals surface area (Å²) in [4.78, 5) is 16.3. The predicted octanol–water partition coefficient (Wildman–Crippen LogP) is 2.63. The molecule has 1 atom stereocenters. The molecule has 3 aromatic rings. The number of anilines is 1. The topological polar surface area (TPSA) is 77.2 Å². The number of nitrogens with two attached hydrogens (primary N) is 1. The van der Waals surface area contributed by atoms with Gasteiger partial charge in [0.15, 0.2) is 5.82 Å². The Morgan fingerprint density at radius 3 is 3.00 bits per heavy atom. The molecule has 0 radical (unpaired) electrons. The molecule has 132 valence electrons. The molecule has 2 aromatic heterocycles. The smallest absolute Gasteiger partial charge is 0.163 e. The van der Waals surface area contributed by atoms with Gasteiger partial charge < -0.3 is 10.5 Å². The first-order chi connectivity index (χ1) is 12.8. The average molecular weight is 347 g/mol. The Labute approximate surface area is 152 Å². The molecule has 5 rings (SSSR count). The molecule has 0 aliphatic carbocycles. The highest BCUT2D eigenvalue weighted by Crippen LogP contribution is 2.30. The van der Waals surface area contributed by atoms with E-state index in [9.17, 15) is 0 Å². The number of nitrogens with zero attached hydrogens (tertiary/aromatic N) is 4. The average Bonchev–Trinajstić information content (AvgIpc) is 3.31. The number of benzene rings is 1. The molecular formula is C20H21N5O. The second kappa shape index (κ2) is 6.30. The van der Waals surface area contributed by atoms with E-state index in [-0.39, 0.29) is 0 Å². The summed E-state index contributed by atoms with van der Waals surface area (Å²) < 4.78 is 5.49. The molecule has 6 heteroatoms. The standard InChI is InChI=1S/C20H21N5O/c21-19-16-10-25(9-13-5-6-26-12-13)11-18(16)23-20(24-19)15-7-14-3-1-2-4-17(14)22-8-15/h1-4,7-8,13H,5-6,9-12H2,(H2,21,23,24). The number of pyridine rings is 1. The predicted molar refractivity (Wildman–Crippen MR) is 100 cm³/mol. The zero-order valence-electron chi connectivity index (χ0n) is 14.6. The van der Waals surface area contributed by atoms with E-state index >= 15 is 0 Å². The normalized spacial score (nSPS) is 19.9. The monoisotopic (exact) mass is 347 g/mol. The number of hydrogen-bond acceptors (Lipinski definition) is 6. The lowest BCUT2D eigenvalue weighted by Gasteiger charge is -2.18. The molecule has 4 heterocycles. The lowest BCUT2D eigenvalue weighted by Crippen LogP contribution is -2.24. The Bertz CT molecular complexity index is 968. The van der Waals surface area contributed by atoms with Gasteiger partial charge in [0.2, 0.25) is 0 Å². The van der Waals surface area contributed by atoms with Crippen LogP contribution < -0.4 is 5.73 Å². The Morgan fingerprint density at radius 1 is 1.19 bits per heavy atom. The van der Waals surface area contributed by atoms with Crippen LogP contribution in [0.4, 0.5) is 5.82 Å². The molecule has 0 saturated carbocycles. The molecule has 1 aromatic carbocycles.